The van der Waals surface area contributed by atoms with Gasteiger partial charge >= 0.3 is 0 Å². The molecular formula is C63H38BF32P. The van der Waals surface area contributed by atoms with Gasteiger partial charge in [0, 0.05) is 14.0 Å². The van der Waals surface area contributed by atoms with Crippen LogP contribution in [0, 0.1) is 204 Å². The summed E-state index contributed by atoms with van der Waals surface area (Å²) in [5.74, 6) is -109. The van der Waals surface area contributed by atoms with Crippen molar-refractivity contribution in [2.75, 3.05) is 12.3 Å². The Bertz CT molecular complexity index is 4240. The lowest BCUT2D eigenvalue weighted by Gasteiger charge is -2.47. The minimum Gasteiger partial charge on any atom is -0.207 e. The highest BCUT2D eigenvalue weighted by atomic mass is 31.1. The van der Waals surface area contributed by atoms with E-state index in [1.165, 1.54) is 12.8 Å². The molecule has 34 heteroatoms. The maximum absolute atomic E-state index is 17.3. The summed E-state index contributed by atoms with van der Waals surface area (Å²) in [6.45, 7) is 10.8. The predicted octanol–water partition coefficient (Wildman–Crippen LogP) is 19.3. The van der Waals surface area contributed by atoms with Gasteiger partial charge in [-0.2, -0.15) is 4.39 Å². The van der Waals surface area contributed by atoms with Gasteiger partial charge < -0.3 is 0 Å². The molecule has 0 fully saturated rings. The van der Waals surface area contributed by atoms with Gasteiger partial charge in [0.25, 0.3) is 0 Å². The summed E-state index contributed by atoms with van der Waals surface area (Å²) >= 11 is 0. The van der Waals surface area contributed by atoms with Gasteiger partial charge in [-0.25, -0.2) is 136 Å². The third-order valence-electron chi connectivity index (χ3n) is 17.0. The zero-order valence-electron chi connectivity index (χ0n) is 49.3. The third-order valence-corrected chi connectivity index (χ3v) is 20.5. The summed E-state index contributed by atoms with van der Waals surface area (Å²) in [6.07, 6.45) is 1.25. The molecule has 0 amide bonds. The van der Waals surface area contributed by atoms with Gasteiger partial charge in [0.1, 0.15) is 34.7 Å². The predicted molar refractivity (Wildman–Crippen MR) is 294 cm³/mol. The summed E-state index contributed by atoms with van der Waals surface area (Å²) in [5, 5.41) is -26.9. The molecule has 0 saturated carbocycles. The van der Waals surface area contributed by atoms with E-state index in [2.05, 4.69) is 34.6 Å². The normalized spacial score (nSPS) is 13.4. The molecule has 0 nitrogen and oxygen atoms in total. The zero-order valence-corrected chi connectivity index (χ0v) is 50.3. The zero-order chi connectivity index (χ0) is 72.9. The van der Waals surface area contributed by atoms with E-state index in [4.69, 9.17) is 0 Å². The van der Waals surface area contributed by atoms with Crippen LogP contribution in [0.5, 0.6) is 0 Å². The van der Waals surface area contributed by atoms with Gasteiger partial charge in [0.2, 0.25) is 11.6 Å². The number of fused-ring (bicyclic) bond motifs is 4. The van der Waals surface area contributed by atoms with E-state index in [0.29, 0.717) is 17.8 Å². The van der Waals surface area contributed by atoms with Crippen molar-refractivity contribution >= 4 is 84.3 Å². The first-order valence-electron chi connectivity index (χ1n) is 28.4. The van der Waals surface area contributed by atoms with Gasteiger partial charge in [0.15, 0.2) is 151 Å². The second-order valence-electron chi connectivity index (χ2n) is 22.8. The van der Waals surface area contributed by atoms with Crippen molar-refractivity contribution in [1.82, 2.24) is 0 Å². The molecule has 0 radical (unpaired) electrons. The van der Waals surface area contributed by atoms with E-state index < -0.39 is 265 Å². The summed E-state index contributed by atoms with van der Waals surface area (Å²) in [6, 6.07) is 0.916. The first kappa shape index (κ1) is 75.1. The van der Waals surface area contributed by atoms with E-state index >= 15 is 105 Å². The molecule has 4 unspecified atom stereocenters. The lowest BCUT2D eigenvalue weighted by atomic mass is 9.11. The average molecular weight is 1440 g/mol. The lowest BCUT2D eigenvalue weighted by Crippen LogP contribution is -2.79. The Balaban J connectivity index is 0.000000361. The summed E-state index contributed by atoms with van der Waals surface area (Å²) in [4.78, 5) is 0. The van der Waals surface area contributed by atoms with Gasteiger partial charge in [0.05, 0.1) is 33.9 Å². The van der Waals surface area contributed by atoms with Gasteiger partial charge in [-0.3, -0.25) is 0 Å². The quantitative estimate of drug-likeness (QED) is 0.0280. The van der Waals surface area contributed by atoms with Crippen molar-refractivity contribution in [1.29, 1.82) is 0 Å². The first-order chi connectivity index (χ1) is 45.2. The van der Waals surface area contributed by atoms with Crippen LogP contribution in [0.25, 0.3) is 43.1 Å². The number of hydrogen-bond donors (Lipinski definition) is 0. The van der Waals surface area contributed by atoms with E-state index in [9.17, 15) is 35.1 Å². The molecule has 4 atom stereocenters. The second-order valence-corrected chi connectivity index (χ2v) is 25.4. The van der Waals surface area contributed by atoms with Crippen LogP contribution in [0.2, 0.25) is 0 Å². The topological polar surface area (TPSA) is 0 Å². The van der Waals surface area contributed by atoms with E-state index in [-0.39, 0.29) is 5.30 Å². The highest BCUT2D eigenvalue weighted by molar-refractivity contribution is 7.65. The molecular weight excluding hydrogens is 1410 g/mol. The Hall–Kier alpha value is -7.73. The lowest BCUT2D eigenvalue weighted by molar-refractivity contribution is 0.389. The maximum atomic E-state index is 17.3. The molecule has 0 aliphatic heterocycles. The summed E-state index contributed by atoms with van der Waals surface area (Å²) < 4.78 is 502. The number of rotatable bonds is 17. The Morgan fingerprint density at radius 2 is 0.485 bits per heavy atom. The highest BCUT2D eigenvalue weighted by Gasteiger charge is 2.52. The molecule has 97 heavy (non-hydrogen) atoms. The fraction of sp³-hybridized carbons (Fsp3) is 0.270. The van der Waals surface area contributed by atoms with Crippen LogP contribution < -0.4 is 27.2 Å². The van der Waals surface area contributed by atoms with Crippen molar-refractivity contribution in [2.45, 2.75) is 79.6 Å². The molecule has 0 spiro atoms. The molecule has 9 aromatic carbocycles. The van der Waals surface area contributed by atoms with Crippen molar-refractivity contribution < 1.29 is 140 Å². The standard InChI is InChI=1S/C40BF28.C23H37F4P/c42-13-1-5(21(50)37(66)33(13)62)17(46)29(58)25(54)9(1)41(10-2-6(18(47)30(59)26(10)55)22(51)38(67)34(63)14(2)43,11-3-7(19(48)31(60)27(11)56)23(52)39(68)35(64)15(3)44)12-4-8(20(49)32(61)28(12)57)24(53)40(69)36(65)16(4)45;1-6-9-16(4)14-28(15-17(5)11-12-18(8-3)10-7-2)20-13-19(24)21(25)23(27)22(20)26/h;13,16-18H,6-12,14-15H2,1-5H3/q-1;/p+1. The van der Waals surface area contributed by atoms with Crippen LogP contribution in [0.15, 0.2) is 6.07 Å². The van der Waals surface area contributed by atoms with E-state index in [0.717, 1.165) is 50.5 Å². The third kappa shape index (κ3) is 11.7. The van der Waals surface area contributed by atoms with Gasteiger partial charge in [-0.05, 0) is 52.1 Å². The fourth-order valence-electron chi connectivity index (χ4n) is 12.7. The number of benzene rings is 9. The molecule has 522 valence electrons. The van der Waals surface area contributed by atoms with Crippen LogP contribution >= 0.6 is 7.92 Å². The molecule has 9 aromatic rings. The van der Waals surface area contributed by atoms with Crippen LogP contribution in [0.4, 0.5) is 140 Å². The van der Waals surface area contributed by atoms with Gasteiger partial charge in [-0.1, -0.05) is 66.7 Å². The van der Waals surface area contributed by atoms with Crippen molar-refractivity contribution in [3.63, 3.8) is 0 Å². The Morgan fingerprint density at radius 1 is 0.258 bits per heavy atom. The molecule has 0 bridgehead atoms. The van der Waals surface area contributed by atoms with Crippen LogP contribution in [0.1, 0.15) is 79.6 Å². The molecule has 0 aliphatic rings. The van der Waals surface area contributed by atoms with Crippen molar-refractivity contribution in [2.24, 2.45) is 17.8 Å². The van der Waals surface area contributed by atoms with E-state index in [1.807, 2.05) is 0 Å². The Kier molecular flexibility index (Phi) is 21.6. The number of halogens is 32. The van der Waals surface area contributed by atoms with Crippen LogP contribution in [0.3, 0.4) is 0 Å². The van der Waals surface area contributed by atoms with Crippen LogP contribution in [-0.4, -0.2) is 18.5 Å². The smallest absolute Gasteiger partial charge is 0.203 e. The largest absolute Gasteiger partial charge is 0.207 e. The number of hydrogen-bond acceptors (Lipinski definition) is 0. The average Bonchev–Trinajstić information content (AvgIpc) is 0.662. The minimum atomic E-state index is -8.05. The maximum Gasteiger partial charge on any atom is 0.203 e. The van der Waals surface area contributed by atoms with Crippen molar-refractivity contribution in [3.8, 4) is 0 Å². The van der Waals surface area contributed by atoms with Crippen molar-refractivity contribution in [3.05, 3.63) is 192 Å². The highest BCUT2D eigenvalue weighted by Crippen LogP contribution is 2.45. The van der Waals surface area contributed by atoms with Gasteiger partial charge in [-0.15, -0.1) is 21.9 Å². The molecule has 0 aliphatic carbocycles. The monoisotopic (exact) mass is 1440 g/mol. The Labute approximate surface area is 525 Å². The first-order valence-corrected chi connectivity index (χ1v) is 30.3. The molecule has 0 saturated heterocycles. The fourth-order valence-corrected chi connectivity index (χ4v) is 16.2. The molecule has 0 N–H and O–H groups in total. The van der Waals surface area contributed by atoms with Crippen LogP contribution in [-0.2, 0) is 0 Å². The second kappa shape index (κ2) is 27.9. The Morgan fingerprint density at radius 3 is 0.732 bits per heavy atom. The summed E-state index contributed by atoms with van der Waals surface area (Å²) in [7, 11) is -1.52. The molecule has 0 aromatic heterocycles. The molecule has 9 rings (SSSR count). The summed E-state index contributed by atoms with van der Waals surface area (Å²) in [5.41, 5.74) is -15.5. The SMILES string of the molecule is CCCC(C)C[PH+](CC(C)CCC(CC)CCC)c1cc(F)c(F)c(F)c1F.Fc1c(F)c(F)c2c([B-](c3c(F)c(F)c(F)c4c(F)c(F)c(F)c(F)c34)(c3c(F)c(F)c(F)c4c(F)c(F)c(F)c(F)c34)c3c(F)c(F)c(F)c4c(F)c(F)c(F)c(F)c34)c(F)c(F)c(F)c2c1F. The van der Waals surface area contributed by atoms with E-state index in [1.54, 1.807) is 0 Å². The molecule has 0 heterocycles. The minimum absolute atomic E-state index is 0.0943.